The van der Waals surface area contributed by atoms with Gasteiger partial charge in [-0.15, -0.1) is 0 Å². The highest BCUT2D eigenvalue weighted by atomic mass is 19.4. The average Bonchev–Trinajstić information content (AvgIpc) is 2.97. The highest BCUT2D eigenvalue weighted by molar-refractivity contribution is 5.97. The van der Waals surface area contributed by atoms with Crippen LogP contribution in [-0.4, -0.2) is 70.5 Å². The molecule has 1 unspecified atom stereocenters. The zero-order chi connectivity index (χ0) is 22.9. The fourth-order valence-corrected chi connectivity index (χ4v) is 2.90. The maximum Gasteiger partial charge on any atom is 0.461 e. The molecule has 29 heavy (non-hydrogen) atoms. The molecule has 2 amide bonds. The van der Waals surface area contributed by atoms with Crippen LogP contribution in [-0.2, 0) is 14.4 Å². The first-order chi connectivity index (χ1) is 13.0. The summed E-state index contributed by atoms with van der Waals surface area (Å²) in [7, 11) is 0. The van der Waals surface area contributed by atoms with Gasteiger partial charge in [-0.1, -0.05) is 27.7 Å². The molecule has 0 radical (unpaired) electrons. The van der Waals surface area contributed by atoms with E-state index in [1.165, 1.54) is 13.8 Å². The molecule has 4 N–H and O–H groups in total. The van der Waals surface area contributed by atoms with Gasteiger partial charge in [-0.05, 0) is 11.8 Å². The Balaban J connectivity index is 3.08. The first-order valence-electron chi connectivity index (χ1n) is 9.05. The Morgan fingerprint density at radius 3 is 2.00 bits per heavy atom. The summed E-state index contributed by atoms with van der Waals surface area (Å²) in [6, 6.07) is -4.50. The largest absolute Gasteiger partial charge is 0.461 e. The molecule has 0 saturated carbocycles. The zero-order valence-electron chi connectivity index (χ0n) is 16.5. The van der Waals surface area contributed by atoms with Gasteiger partial charge in [-0.25, -0.2) is 0 Å². The molecule has 0 aromatic carbocycles. The SMILES string of the molecule is CC(C)C(NC(=O)[C@@H]1C[C@@H](O)CN1C(=O)[C@@H](N)C(C)C)C(=O)C(F)(F)C(F)(F)F. The number of halogens is 5. The van der Waals surface area contributed by atoms with E-state index in [1.54, 1.807) is 13.8 Å². The smallest absolute Gasteiger partial charge is 0.391 e. The number of carbonyl (C=O) groups excluding carboxylic acids is 3. The predicted octanol–water partition coefficient (Wildman–Crippen LogP) is 0.839. The summed E-state index contributed by atoms with van der Waals surface area (Å²) in [5.41, 5.74) is 5.77. The highest BCUT2D eigenvalue weighted by Gasteiger charge is 2.64. The summed E-state index contributed by atoms with van der Waals surface area (Å²) in [6.07, 6.45) is -7.49. The third kappa shape index (κ3) is 5.41. The Morgan fingerprint density at radius 1 is 1.07 bits per heavy atom. The normalized spacial score (nSPS) is 22.7. The summed E-state index contributed by atoms with van der Waals surface area (Å²) in [5, 5.41) is 11.7. The van der Waals surface area contributed by atoms with Crippen LogP contribution in [0.25, 0.3) is 0 Å². The number of aliphatic hydroxyl groups excluding tert-OH is 1. The van der Waals surface area contributed by atoms with E-state index in [9.17, 15) is 41.4 Å². The van der Waals surface area contributed by atoms with Gasteiger partial charge in [-0.2, -0.15) is 22.0 Å². The van der Waals surface area contributed by atoms with Crippen molar-refractivity contribution in [2.45, 2.75) is 70.4 Å². The number of nitrogens with two attached hydrogens (primary N) is 1. The van der Waals surface area contributed by atoms with Crippen LogP contribution in [0.1, 0.15) is 34.1 Å². The minimum atomic E-state index is -6.11. The molecule has 1 aliphatic rings. The number of likely N-dealkylation sites (tertiary alicyclic amines) is 1. The molecular weight excluding hydrogens is 405 g/mol. The fourth-order valence-electron chi connectivity index (χ4n) is 2.90. The Bertz CT molecular complexity index is 639. The van der Waals surface area contributed by atoms with Gasteiger partial charge in [0.15, 0.2) is 0 Å². The Kier molecular flexibility index (Phi) is 7.74. The molecule has 168 valence electrons. The molecule has 12 heteroatoms. The Morgan fingerprint density at radius 2 is 1.59 bits per heavy atom. The van der Waals surface area contributed by atoms with Crippen LogP contribution >= 0.6 is 0 Å². The summed E-state index contributed by atoms with van der Waals surface area (Å²) in [4.78, 5) is 37.8. The van der Waals surface area contributed by atoms with Crippen LogP contribution < -0.4 is 11.1 Å². The lowest BCUT2D eigenvalue weighted by atomic mass is 9.95. The quantitative estimate of drug-likeness (QED) is 0.517. The molecule has 0 bridgehead atoms. The zero-order valence-corrected chi connectivity index (χ0v) is 16.5. The highest BCUT2D eigenvalue weighted by Crippen LogP contribution is 2.37. The molecule has 1 heterocycles. The summed E-state index contributed by atoms with van der Waals surface area (Å²) in [5.74, 6) is -11.3. The number of amides is 2. The lowest BCUT2D eigenvalue weighted by Crippen LogP contribution is -2.59. The predicted molar refractivity (Wildman–Crippen MR) is 91.7 cm³/mol. The van der Waals surface area contributed by atoms with E-state index in [0.717, 1.165) is 4.90 Å². The summed E-state index contributed by atoms with van der Waals surface area (Å²) < 4.78 is 64.6. The molecular formula is C17H26F5N3O4. The number of nitrogens with one attached hydrogen (secondary N) is 1. The van der Waals surface area contributed by atoms with Gasteiger partial charge < -0.3 is 21.1 Å². The third-order valence-electron chi connectivity index (χ3n) is 4.78. The van der Waals surface area contributed by atoms with Crippen molar-refractivity contribution in [1.82, 2.24) is 10.2 Å². The van der Waals surface area contributed by atoms with E-state index < -0.39 is 59.8 Å². The van der Waals surface area contributed by atoms with Crippen LogP contribution in [0.15, 0.2) is 0 Å². The number of carbonyl (C=O) groups is 3. The van der Waals surface area contributed by atoms with Crippen molar-refractivity contribution in [3.8, 4) is 0 Å². The molecule has 1 aliphatic heterocycles. The van der Waals surface area contributed by atoms with Crippen LogP contribution in [0.2, 0.25) is 0 Å². The van der Waals surface area contributed by atoms with E-state index in [1.807, 2.05) is 5.32 Å². The molecule has 4 atom stereocenters. The lowest BCUT2D eigenvalue weighted by molar-refractivity contribution is -0.270. The number of β-amino-alcohol motifs (C(OH)–C–C–N with tert-alkyl or cyclic N) is 1. The van der Waals surface area contributed by atoms with Gasteiger partial charge in [-0.3, -0.25) is 14.4 Å². The number of hydrogen-bond acceptors (Lipinski definition) is 5. The Hall–Kier alpha value is -1.82. The van der Waals surface area contributed by atoms with Crippen molar-refractivity contribution in [2.24, 2.45) is 17.6 Å². The van der Waals surface area contributed by atoms with Crippen LogP contribution in [0.3, 0.4) is 0 Å². The van der Waals surface area contributed by atoms with Crippen LogP contribution in [0.5, 0.6) is 0 Å². The molecule has 0 aromatic rings. The van der Waals surface area contributed by atoms with E-state index in [2.05, 4.69) is 0 Å². The second-order valence-corrected chi connectivity index (χ2v) is 7.83. The van der Waals surface area contributed by atoms with Gasteiger partial charge in [0.05, 0.1) is 18.2 Å². The monoisotopic (exact) mass is 431 g/mol. The maximum absolute atomic E-state index is 13.5. The van der Waals surface area contributed by atoms with Gasteiger partial charge in [0, 0.05) is 13.0 Å². The number of hydrogen-bond donors (Lipinski definition) is 3. The number of Topliss-reactive ketones (excluding diaryl/α,β-unsaturated/α-hetero) is 1. The Labute approximate surface area is 164 Å². The molecule has 7 nitrogen and oxygen atoms in total. The minimum Gasteiger partial charge on any atom is -0.391 e. The van der Waals surface area contributed by atoms with Gasteiger partial charge in [0.25, 0.3) is 0 Å². The van der Waals surface area contributed by atoms with Crippen molar-refractivity contribution in [2.75, 3.05) is 6.54 Å². The number of aliphatic hydroxyl groups is 1. The topological polar surface area (TPSA) is 113 Å². The summed E-state index contributed by atoms with van der Waals surface area (Å²) >= 11 is 0. The standard InChI is InChI=1S/C17H26F5N3O4/c1-7(2)11(23)15(29)25-6-9(26)5-10(25)14(28)24-12(8(3)4)13(27)16(18,19)17(20,21)22/h7-12,26H,5-6,23H2,1-4H3,(H,24,28)/t9-,10+,11+,12?/m1/s1. The van der Waals surface area contributed by atoms with Crippen molar-refractivity contribution >= 4 is 17.6 Å². The van der Waals surface area contributed by atoms with E-state index in [4.69, 9.17) is 5.73 Å². The fraction of sp³-hybridized carbons (Fsp3) is 0.824. The molecule has 0 aromatic heterocycles. The number of rotatable bonds is 7. The first-order valence-corrected chi connectivity index (χ1v) is 9.05. The van der Waals surface area contributed by atoms with Crippen molar-refractivity contribution in [1.29, 1.82) is 0 Å². The van der Waals surface area contributed by atoms with Gasteiger partial charge >= 0.3 is 12.1 Å². The first kappa shape index (κ1) is 25.2. The van der Waals surface area contributed by atoms with Crippen LogP contribution in [0.4, 0.5) is 22.0 Å². The van der Waals surface area contributed by atoms with E-state index in [-0.39, 0.29) is 18.9 Å². The van der Waals surface area contributed by atoms with E-state index in [0.29, 0.717) is 0 Å². The molecule has 1 saturated heterocycles. The van der Waals surface area contributed by atoms with Crippen molar-refractivity contribution in [3.63, 3.8) is 0 Å². The second-order valence-electron chi connectivity index (χ2n) is 7.83. The number of ketones is 1. The number of alkyl halides is 5. The van der Waals surface area contributed by atoms with Gasteiger partial charge in [0.2, 0.25) is 17.6 Å². The molecule has 1 rings (SSSR count). The lowest BCUT2D eigenvalue weighted by Gasteiger charge is -2.31. The van der Waals surface area contributed by atoms with Gasteiger partial charge in [0.1, 0.15) is 6.04 Å². The molecule has 0 aliphatic carbocycles. The second kappa shape index (κ2) is 8.90. The van der Waals surface area contributed by atoms with Crippen molar-refractivity contribution < 1.29 is 41.4 Å². The van der Waals surface area contributed by atoms with Crippen molar-refractivity contribution in [3.05, 3.63) is 0 Å². The average molecular weight is 431 g/mol. The van der Waals surface area contributed by atoms with Crippen LogP contribution in [0, 0.1) is 11.8 Å². The third-order valence-corrected chi connectivity index (χ3v) is 4.78. The number of nitrogens with zero attached hydrogens (tertiary/aromatic N) is 1. The maximum atomic E-state index is 13.5. The molecule has 1 fully saturated rings. The summed E-state index contributed by atoms with van der Waals surface area (Å²) in [6.45, 7) is 5.43. The molecule has 0 spiro atoms. The van der Waals surface area contributed by atoms with E-state index >= 15 is 0 Å². The minimum absolute atomic E-state index is 0.254.